The van der Waals surface area contributed by atoms with Gasteiger partial charge in [0.25, 0.3) is 0 Å². The van der Waals surface area contributed by atoms with Crippen molar-refractivity contribution in [1.29, 1.82) is 0 Å². The summed E-state index contributed by atoms with van der Waals surface area (Å²) < 4.78 is 12.4. The molecule has 0 aromatic heterocycles. The first kappa shape index (κ1) is 8.89. The van der Waals surface area contributed by atoms with Crippen molar-refractivity contribution >= 4 is 31.9 Å². The number of ether oxygens (including phenoxy) is 2. The molecule has 2 nitrogen and oxygen atoms in total. The second-order valence-electron chi connectivity index (χ2n) is 6.54. The molecule has 0 amide bonds. The average molecular weight is 348 g/mol. The fraction of sp³-hybridized carbons (Fsp3) is 1.00. The Hall–Kier alpha value is 0.880. The van der Waals surface area contributed by atoms with Gasteiger partial charge in [-0.05, 0) is 35.0 Å². The number of hydrogen-bond acceptors (Lipinski definition) is 2. The van der Waals surface area contributed by atoms with Gasteiger partial charge in [-0.15, -0.1) is 0 Å². The lowest BCUT2D eigenvalue weighted by Crippen LogP contribution is -2.50. The van der Waals surface area contributed by atoms with Gasteiger partial charge in [-0.3, -0.25) is 0 Å². The fourth-order valence-corrected chi connectivity index (χ4v) is 9.76. The van der Waals surface area contributed by atoms with Gasteiger partial charge >= 0.3 is 0 Å². The molecule has 7 rings (SSSR count). The molecule has 7 aliphatic rings. The molecule has 6 aliphatic carbocycles. The lowest BCUT2D eigenvalue weighted by atomic mass is 9.95. The highest BCUT2D eigenvalue weighted by atomic mass is 79.9. The number of rotatable bonds is 1. The third-order valence-corrected chi connectivity index (χ3v) is 9.35. The largest absolute Gasteiger partial charge is 0.346 e. The van der Waals surface area contributed by atoms with E-state index in [0.717, 1.165) is 42.8 Å². The van der Waals surface area contributed by atoms with E-state index in [1.165, 1.54) is 5.33 Å². The normalized spacial score (nSPS) is 77.6. The molecule has 0 N–H and O–H groups in total. The monoisotopic (exact) mass is 346 g/mol. The predicted octanol–water partition coefficient (Wildman–Crippen LogP) is 2.01. The average Bonchev–Trinajstić information content (AvgIpc) is 2.97. The number of halogens is 2. The minimum absolute atomic E-state index is 0.189. The molecule has 86 valence electrons. The van der Waals surface area contributed by atoms with Gasteiger partial charge < -0.3 is 9.47 Å². The van der Waals surface area contributed by atoms with Crippen LogP contribution in [0.15, 0.2) is 0 Å². The summed E-state index contributed by atoms with van der Waals surface area (Å²) in [7, 11) is 0. The van der Waals surface area contributed by atoms with Crippen LogP contribution in [-0.2, 0) is 9.47 Å². The molecule has 2 bridgehead atoms. The summed E-state index contributed by atoms with van der Waals surface area (Å²) in [6.07, 6.45) is 0. The Bertz CT molecular complexity index is 448. The van der Waals surface area contributed by atoms with E-state index in [0.29, 0.717) is 11.3 Å². The number of hydrogen-bond donors (Lipinski definition) is 0. The van der Waals surface area contributed by atoms with Gasteiger partial charge in [0, 0.05) is 11.2 Å². The molecule has 1 spiro atoms. The summed E-state index contributed by atoms with van der Waals surface area (Å²) in [6, 6.07) is 0. The summed E-state index contributed by atoms with van der Waals surface area (Å²) in [6.45, 7) is 1.60. The van der Waals surface area contributed by atoms with Crippen molar-refractivity contribution in [3.8, 4) is 0 Å². The van der Waals surface area contributed by atoms with Crippen LogP contribution in [0.5, 0.6) is 0 Å². The molecule has 7 fully saturated rings. The molecule has 1 saturated heterocycles. The standard InChI is InChI=1S/C12H12Br2O2/c13-3-10-5-4-6(5)11(14)9(10)8(10)7(4)12(11)15-1-2-16-12/h4-9H,1-3H2/t4-,5+,6+,7+,8+,9+,10+,11-/m0/s1. The van der Waals surface area contributed by atoms with Crippen LogP contribution >= 0.6 is 31.9 Å². The molecular formula is C12H12Br2O2. The molecule has 0 aromatic rings. The van der Waals surface area contributed by atoms with Crippen molar-refractivity contribution in [2.75, 3.05) is 18.5 Å². The van der Waals surface area contributed by atoms with E-state index in [2.05, 4.69) is 31.9 Å². The van der Waals surface area contributed by atoms with E-state index in [1.807, 2.05) is 0 Å². The van der Waals surface area contributed by atoms with Crippen molar-refractivity contribution in [3.05, 3.63) is 0 Å². The van der Waals surface area contributed by atoms with Crippen LogP contribution in [0, 0.1) is 40.9 Å². The minimum atomic E-state index is -0.212. The van der Waals surface area contributed by atoms with Crippen LogP contribution in [0.25, 0.3) is 0 Å². The first-order chi connectivity index (χ1) is 7.75. The van der Waals surface area contributed by atoms with Gasteiger partial charge in [-0.25, -0.2) is 0 Å². The van der Waals surface area contributed by atoms with Crippen molar-refractivity contribution in [3.63, 3.8) is 0 Å². The van der Waals surface area contributed by atoms with E-state index < -0.39 is 0 Å². The van der Waals surface area contributed by atoms with Crippen LogP contribution in [0.2, 0.25) is 0 Å². The maximum Gasteiger partial charge on any atom is 0.187 e. The van der Waals surface area contributed by atoms with Crippen molar-refractivity contribution < 1.29 is 9.47 Å². The van der Waals surface area contributed by atoms with E-state index in [1.54, 1.807) is 0 Å². The molecule has 0 aromatic carbocycles. The summed E-state index contributed by atoms with van der Waals surface area (Å²) >= 11 is 7.89. The van der Waals surface area contributed by atoms with Crippen molar-refractivity contribution in [1.82, 2.24) is 0 Å². The zero-order valence-corrected chi connectivity index (χ0v) is 11.8. The van der Waals surface area contributed by atoms with Gasteiger partial charge in [-0.2, -0.15) is 0 Å². The highest BCUT2D eigenvalue weighted by Gasteiger charge is 3.08. The van der Waals surface area contributed by atoms with Crippen LogP contribution in [0.4, 0.5) is 0 Å². The Morgan fingerprint density at radius 1 is 1.06 bits per heavy atom. The molecule has 4 heteroatoms. The molecule has 6 saturated carbocycles. The lowest BCUT2D eigenvalue weighted by Gasteiger charge is -2.37. The Morgan fingerprint density at radius 3 is 2.25 bits per heavy atom. The van der Waals surface area contributed by atoms with Gasteiger partial charge in [0.2, 0.25) is 0 Å². The summed E-state index contributed by atoms with van der Waals surface area (Å²) in [5.74, 6) is 5.01. The van der Waals surface area contributed by atoms with Gasteiger partial charge in [0.1, 0.15) is 0 Å². The Kier molecular flexibility index (Phi) is 1.11. The van der Waals surface area contributed by atoms with Crippen LogP contribution < -0.4 is 0 Å². The van der Waals surface area contributed by atoms with Crippen molar-refractivity contribution in [2.24, 2.45) is 40.9 Å². The van der Waals surface area contributed by atoms with Crippen LogP contribution in [0.3, 0.4) is 0 Å². The molecule has 1 heterocycles. The zero-order chi connectivity index (χ0) is 10.5. The zero-order valence-electron chi connectivity index (χ0n) is 8.66. The molecular weight excluding hydrogens is 336 g/mol. The molecule has 0 unspecified atom stereocenters. The van der Waals surface area contributed by atoms with Crippen LogP contribution in [0.1, 0.15) is 0 Å². The highest BCUT2D eigenvalue weighted by Crippen LogP contribution is 3.04. The third kappa shape index (κ3) is 0.473. The maximum atomic E-state index is 6.11. The van der Waals surface area contributed by atoms with E-state index in [-0.39, 0.29) is 10.1 Å². The summed E-state index contributed by atoms with van der Waals surface area (Å²) in [5.41, 5.74) is 0.643. The van der Waals surface area contributed by atoms with Crippen LogP contribution in [-0.4, -0.2) is 28.7 Å². The van der Waals surface area contributed by atoms with E-state index in [9.17, 15) is 0 Å². The van der Waals surface area contributed by atoms with E-state index in [4.69, 9.17) is 9.47 Å². The molecule has 16 heavy (non-hydrogen) atoms. The predicted molar refractivity (Wildman–Crippen MR) is 63.5 cm³/mol. The van der Waals surface area contributed by atoms with Gasteiger partial charge in [0.15, 0.2) is 5.79 Å². The third-order valence-electron chi connectivity index (χ3n) is 6.81. The lowest BCUT2D eigenvalue weighted by molar-refractivity contribution is -0.192. The topological polar surface area (TPSA) is 18.5 Å². The quantitative estimate of drug-likeness (QED) is 0.675. The Morgan fingerprint density at radius 2 is 1.81 bits per heavy atom. The Balaban J connectivity index is 1.63. The van der Waals surface area contributed by atoms with E-state index >= 15 is 0 Å². The molecule has 8 atom stereocenters. The van der Waals surface area contributed by atoms with Gasteiger partial charge in [0.05, 0.1) is 17.5 Å². The highest BCUT2D eigenvalue weighted by molar-refractivity contribution is 9.10. The molecule has 1 aliphatic heterocycles. The maximum absolute atomic E-state index is 6.11. The SMILES string of the molecule is BrC[C@@]12[C@@H]3[C@@H]4[C@@H]5[C@@H]1[C@H]2[C@@](Br)([C@H]43)C51OCCO1. The first-order valence-corrected chi connectivity index (χ1v) is 8.19. The summed E-state index contributed by atoms with van der Waals surface area (Å²) in [4.78, 5) is 0. The number of alkyl halides is 2. The first-order valence-electron chi connectivity index (χ1n) is 6.28. The fourth-order valence-electron chi connectivity index (χ4n) is 6.87. The second-order valence-corrected chi connectivity index (χ2v) is 8.41. The summed E-state index contributed by atoms with van der Waals surface area (Å²) in [5, 5.41) is 1.20. The molecule has 0 radical (unpaired) electrons. The van der Waals surface area contributed by atoms with Gasteiger partial charge in [-0.1, -0.05) is 31.9 Å². The second kappa shape index (κ2) is 2.00. The Labute approximate surface area is 111 Å². The van der Waals surface area contributed by atoms with Crippen molar-refractivity contribution in [2.45, 2.75) is 10.1 Å². The smallest absolute Gasteiger partial charge is 0.187 e. The minimum Gasteiger partial charge on any atom is -0.346 e.